The number of hydrogen-bond acceptors (Lipinski definition) is 2. The van der Waals surface area contributed by atoms with E-state index in [1.54, 1.807) is 6.07 Å². The molecule has 2 aliphatic rings. The lowest BCUT2D eigenvalue weighted by atomic mass is 9.89. The molecular weight excluding hydrogens is 355 g/mol. The van der Waals surface area contributed by atoms with E-state index in [0.717, 1.165) is 43.4 Å². The van der Waals surface area contributed by atoms with Crippen molar-refractivity contribution in [3.8, 4) is 0 Å². The van der Waals surface area contributed by atoms with Gasteiger partial charge in [-0.2, -0.15) is 0 Å². The molecule has 1 unspecified atom stereocenters. The van der Waals surface area contributed by atoms with Gasteiger partial charge in [0.15, 0.2) is 0 Å². The molecule has 3 rings (SSSR count). The zero-order valence-corrected chi connectivity index (χ0v) is 15.6. The Hall–Kier alpha value is -0.480. The average molecular weight is 378 g/mol. The summed E-state index contributed by atoms with van der Waals surface area (Å²) in [5.41, 5.74) is 8.05. The monoisotopic (exact) mass is 376 g/mol. The van der Waals surface area contributed by atoms with E-state index in [2.05, 4.69) is 6.92 Å². The van der Waals surface area contributed by atoms with Crippen LogP contribution in [-0.2, 0) is 11.2 Å². The van der Waals surface area contributed by atoms with Gasteiger partial charge >= 0.3 is 0 Å². The minimum Gasteiger partial charge on any atom is -0.335 e. The van der Waals surface area contributed by atoms with Crippen LogP contribution in [0.3, 0.4) is 0 Å². The second-order valence-corrected chi connectivity index (χ2v) is 7.29. The van der Waals surface area contributed by atoms with Gasteiger partial charge in [-0.05, 0) is 61.9 Å². The van der Waals surface area contributed by atoms with Gasteiger partial charge in [-0.3, -0.25) is 4.79 Å². The van der Waals surface area contributed by atoms with Crippen molar-refractivity contribution in [2.24, 2.45) is 17.6 Å². The molecule has 0 spiro atoms. The number of amides is 1. The molecule has 1 aliphatic heterocycles. The third kappa shape index (κ3) is 3.48. The molecule has 0 bridgehead atoms. The first-order chi connectivity index (χ1) is 10.5. The van der Waals surface area contributed by atoms with Gasteiger partial charge in [0.05, 0.1) is 6.04 Å². The first-order valence-corrected chi connectivity index (χ1v) is 8.77. The third-order valence-electron chi connectivity index (χ3n) is 5.25. The molecule has 0 saturated heterocycles. The van der Waals surface area contributed by atoms with Crippen LogP contribution in [0.5, 0.6) is 0 Å². The van der Waals surface area contributed by atoms with Crippen molar-refractivity contribution in [2.45, 2.75) is 38.6 Å². The summed E-state index contributed by atoms with van der Waals surface area (Å²) in [6.45, 7) is 3.39. The van der Waals surface area contributed by atoms with E-state index in [9.17, 15) is 4.79 Å². The fraction of sp³-hybridized carbons (Fsp3) is 0.588. The van der Waals surface area contributed by atoms with Crippen LogP contribution in [0.25, 0.3) is 0 Å². The Morgan fingerprint density at radius 3 is 2.78 bits per heavy atom. The molecule has 1 heterocycles. The predicted octanol–water partition coefficient (Wildman–Crippen LogP) is 4.24. The Bertz CT molecular complexity index is 593. The van der Waals surface area contributed by atoms with Crippen LogP contribution >= 0.6 is 35.6 Å². The largest absolute Gasteiger partial charge is 0.335 e. The molecule has 1 amide bonds. The SMILES string of the molecule is CC1c2c(Cl)cc(Cl)cc2CCN1C(=O)[C@@H]1CCC[C@@H]1CN.Cl. The zero-order chi connectivity index (χ0) is 15.9. The van der Waals surface area contributed by atoms with E-state index in [-0.39, 0.29) is 30.3 Å². The van der Waals surface area contributed by atoms with Crippen molar-refractivity contribution < 1.29 is 4.79 Å². The Balaban J connectivity index is 0.00000192. The summed E-state index contributed by atoms with van der Waals surface area (Å²) < 4.78 is 0. The summed E-state index contributed by atoms with van der Waals surface area (Å²) in [5.74, 6) is 0.666. The highest BCUT2D eigenvalue weighted by Crippen LogP contribution is 2.40. The number of hydrogen-bond donors (Lipinski definition) is 1. The maximum absolute atomic E-state index is 13.0. The van der Waals surface area contributed by atoms with Gasteiger partial charge in [0, 0.05) is 22.5 Å². The lowest BCUT2D eigenvalue weighted by Gasteiger charge is -2.38. The molecule has 1 fully saturated rings. The normalized spacial score (nSPS) is 26.6. The molecule has 1 aromatic carbocycles. The van der Waals surface area contributed by atoms with Gasteiger partial charge in [-0.25, -0.2) is 0 Å². The highest BCUT2D eigenvalue weighted by atomic mass is 35.5. The van der Waals surface area contributed by atoms with Crippen molar-refractivity contribution in [2.75, 3.05) is 13.1 Å². The summed E-state index contributed by atoms with van der Waals surface area (Å²) in [6, 6.07) is 3.74. The Labute approximate surface area is 153 Å². The van der Waals surface area contributed by atoms with Crippen LogP contribution in [0.4, 0.5) is 0 Å². The van der Waals surface area contributed by atoms with Crippen LogP contribution < -0.4 is 5.73 Å². The van der Waals surface area contributed by atoms with Crippen LogP contribution in [0.1, 0.15) is 43.4 Å². The topological polar surface area (TPSA) is 46.3 Å². The van der Waals surface area contributed by atoms with Crippen LogP contribution in [0.15, 0.2) is 12.1 Å². The van der Waals surface area contributed by atoms with Gasteiger partial charge in [0.1, 0.15) is 0 Å². The van der Waals surface area contributed by atoms with E-state index in [0.29, 0.717) is 22.5 Å². The standard InChI is InChI=1S/C17H22Cl2N2O.ClH/c1-10-16-11(7-13(18)8-15(16)19)5-6-21(10)17(22)14-4-2-3-12(14)9-20;/h7-8,10,12,14H,2-6,9,20H2,1H3;1H/t10?,12-,14-;/m1./s1. The molecule has 0 radical (unpaired) electrons. The van der Waals surface area contributed by atoms with Gasteiger partial charge in [-0.15, -0.1) is 12.4 Å². The Morgan fingerprint density at radius 2 is 2.09 bits per heavy atom. The Kier molecular flexibility index (Phi) is 6.23. The van der Waals surface area contributed by atoms with Crippen molar-refractivity contribution in [3.05, 3.63) is 33.3 Å². The van der Waals surface area contributed by atoms with Crippen LogP contribution in [0, 0.1) is 11.8 Å². The maximum atomic E-state index is 13.0. The second-order valence-electron chi connectivity index (χ2n) is 6.45. The lowest BCUT2D eigenvalue weighted by molar-refractivity contribution is -0.139. The van der Waals surface area contributed by atoms with Crippen molar-refractivity contribution in [3.63, 3.8) is 0 Å². The minimum atomic E-state index is 0. The van der Waals surface area contributed by atoms with Crippen molar-refractivity contribution >= 4 is 41.5 Å². The molecule has 6 heteroatoms. The molecule has 1 saturated carbocycles. The van der Waals surface area contributed by atoms with E-state index >= 15 is 0 Å². The third-order valence-corrected chi connectivity index (χ3v) is 5.78. The molecule has 3 atom stereocenters. The number of nitrogens with two attached hydrogens (primary N) is 1. The number of benzene rings is 1. The summed E-state index contributed by atoms with van der Waals surface area (Å²) in [7, 11) is 0. The fourth-order valence-corrected chi connectivity index (χ4v) is 4.75. The predicted molar refractivity (Wildman–Crippen MR) is 97.4 cm³/mol. The van der Waals surface area contributed by atoms with Crippen molar-refractivity contribution in [1.29, 1.82) is 0 Å². The first-order valence-electron chi connectivity index (χ1n) is 8.01. The quantitative estimate of drug-likeness (QED) is 0.838. The molecule has 1 aromatic rings. The van der Waals surface area contributed by atoms with Gasteiger partial charge in [0.25, 0.3) is 0 Å². The molecule has 1 aliphatic carbocycles. The number of rotatable bonds is 2. The molecule has 23 heavy (non-hydrogen) atoms. The van der Waals surface area contributed by atoms with E-state index in [4.69, 9.17) is 28.9 Å². The Morgan fingerprint density at radius 1 is 1.35 bits per heavy atom. The highest BCUT2D eigenvalue weighted by Gasteiger charge is 2.38. The average Bonchev–Trinajstić information content (AvgIpc) is 2.94. The molecule has 2 N–H and O–H groups in total. The van der Waals surface area contributed by atoms with Crippen LogP contribution in [0.2, 0.25) is 10.0 Å². The molecule has 3 nitrogen and oxygen atoms in total. The van der Waals surface area contributed by atoms with Gasteiger partial charge < -0.3 is 10.6 Å². The van der Waals surface area contributed by atoms with E-state index in [1.165, 1.54) is 0 Å². The number of carbonyl (C=O) groups is 1. The minimum absolute atomic E-state index is 0. The number of carbonyl (C=O) groups excluding carboxylic acids is 1. The van der Waals surface area contributed by atoms with Gasteiger partial charge in [-0.1, -0.05) is 29.6 Å². The van der Waals surface area contributed by atoms with Gasteiger partial charge in [0.2, 0.25) is 5.91 Å². The highest BCUT2D eigenvalue weighted by molar-refractivity contribution is 6.35. The first kappa shape index (κ1) is 18.9. The summed E-state index contributed by atoms with van der Waals surface area (Å²) in [5, 5.41) is 1.32. The summed E-state index contributed by atoms with van der Waals surface area (Å²) >= 11 is 12.5. The fourth-order valence-electron chi connectivity index (χ4n) is 4.06. The zero-order valence-electron chi connectivity index (χ0n) is 13.2. The molecular formula is C17H23Cl3N2O. The lowest BCUT2D eigenvalue weighted by Crippen LogP contribution is -2.44. The number of nitrogens with zero attached hydrogens (tertiary/aromatic N) is 1. The number of halogens is 3. The van der Waals surface area contributed by atoms with E-state index in [1.807, 2.05) is 11.0 Å². The summed E-state index contributed by atoms with van der Waals surface area (Å²) in [4.78, 5) is 15.0. The molecule has 128 valence electrons. The van der Waals surface area contributed by atoms with Crippen LogP contribution in [-0.4, -0.2) is 23.9 Å². The van der Waals surface area contributed by atoms with Crippen molar-refractivity contribution in [1.82, 2.24) is 4.90 Å². The summed E-state index contributed by atoms with van der Waals surface area (Å²) in [6.07, 6.45) is 3.95. The second kappa shape index (κ2) is 7.60. The van der Waals surface area contributed by atoms with E-state index < -0.39 is 0 Å². The smallest absolute Gasteiger partial charge is 0.226 e. The molecule has 0 aromatic heterocycles. The number of fused-ring (bicyclic) bond motifs is 1. The maximum Gasteiger partial charge on any atom is 0.226 e.